The van der Waals surface area contributed by atoms with Crippen LogP contribution < -0.4 is 5.32 Å². The van der Waals surface area contributed by atoms with Crippen LogP contribution >= 0.6 is 11.3 Å². The van der Waals surface area contributed by atoms with Gasteiger partial charge in [0.05, 0.1) is 10.2 Å². The highest BCUT2D eigenvalue weighted by Gasteiger charge is 2.20. The lowest BCUT2D eigenvalue weighted by atomic mass is 10.1. The van der Waals surface area contributed by atoms with Crippen molar-refractivity contribution in [2.45, 2.75) is 6.04 Å². The smallest absolute Gasteiger partial charge is 0.330 e. The molecular weight excluding hydrogens is 324 g/mol. The van der Waals surface area contributed by atoms with E-state index >= 15 is 0 Å². The van der Waals surface area contributed by atoms with Crippen molar-refractivity contribution in [2.75, 3.05) is 0 Å². The fourth-order valence-electron chi connectivity index (χ4n) is 2.23. The summed E-state index contributed by atoms with van der Waals surface area (Å²) in [5.41, 5.74) is 1.39. The Bertz CT molecular complexity index is 870. The number of carbonyl (C=O) groups is 2. The molecule has 3 aromatic rings. The number of fused-ring (bicyclic) bond motifs is 1. The van der Waals surface area contributed by atoms with E-state index in [4.69, 9.17) is 0 Å². The summed E-state index contributed by atoms with van der Waals surface area (Å²) in [6.45, 7) is 0. The molecule has 1 aromatic heterocycles. The first kappa shape index (κ1) is 15.9. The van der Waals surface area contributed by atoms with Crippen molar-refractivity contribution < 1.29 is 14.7 Å². The Morgan fingerprint density at radius 1 is 1.08 bits per heavy atom. The maximum absolute atomic E-state index is 12.0. The first-order valence-electron chi connectivity index (χ1n) is 7.25. The molecule has 0 saturated carbocycles. The minimum absolute atomic E-state index is 0.481. The second-order valence-corrected chi connectivity index (χ2v) is 6.11. The zero-order chi connectivity index (χ0) is 16.9. The maximum Gasteiger partial charge on any atom is 0.330 e. The molecule has 6 heteroatoms. The van der Waals surface area contributed by atoms with Gasteiger partial charge in [0.2, 0.25) is 5.91 Å². The van der Waals surface area contributed by atoms with Crippen LogP contribution in [0.15, 0.2) is 60.7 Å². The Morgan fingerprint density at radius 3 is 2.50 bits per heavy atom. The van der Waals surface area contributed by atoms with Gasteiger partial charge < -0.3 is 10.4 Å². The summed E-state index contributed by atoms with van der Waals surface area (Å²) in [5, 5.41) is 12.5. The van der Waals surface area contributed by atoms with Gasteiger partial charge in [0.15, 0.2) is 6.04 Å². The standard InChI is InChI=1S/C18H14N2O3S/c21-15(20-17(18(22)23)12-6-2-1-3-7-12)10-11-16-19-13-8-4-5-9-14(13)24-16/h1-11,17H,(H,20,21)(H,22,23)/b11-10+. The number of carboxylic acid groups (broad SMARTS) is 1. The van der Waals surface area contributed by atoms with Gasteiger partial charge in [-0.15, -0.1) is 11.3 Å². The summed E-state index contributed by atoms with van der Waals surface area (Å²) >= 11 is 1.47. The number of carboxylic acids is 1. The van der Waals surface area contributed by atoms with E-state index in [-0.39, 0.29) is 0 Å². The molecular formula is C18H14N2O3S. The number of para-hydroxylation sites is 1. The third-order valence-electron chi connectivity index (χ3n) is 3.35. The van der Waals surface area contributed by atoms with E-state index in [9.17, 15) is 14.7 Å². The van der Waals surface area contributed by atoms with Gasteiger partial charge >= 0.3 is 5.97 Å². The van der Waals surface area contributed by atoms with Crippen LogP contribution in [0.25, 0.3) is 16.3 Å². The van der Waals surface area contributed by atoms with Gasteiger partial charge in [0.25, 0.3) is 0 Å². The second kappa shape index (κ2) is 7.06. The van der Waals surface area contributed by atoms with Crippen molar-refractivity contribution in [1.29, 1.82) is 0 Å². The molecule has 2 aromatic carbocycles. The lowest BCUT2D eigenvalue weighted by Gasteiger charge is -2.13. The number of amides is 1. The molecule has 2 N–H and O–H groups in total. The number of carbonyl (C=O) groups excluding carboxylic acids is 1. The second-order valence-electron chi connectivity index (χ2n) is 5.04. The van der Waals surface area contributed by atoms with Gasteiger partial charge in [-0.05, 0) is 23.8 Å². The summed E-state index contributed by atoms with van der Waals surface area (Å²) in [6.07, 6.45) is 2.89. The highest BCUT2D eigenvalue weighted by atomic mass is 32.1. The lowest BCUT2D eigenvalue weighted by molar-refractivity contribution is -0.141. The van der Waals surface area contributed by atoms with Crippen molar-refractivity contribution in [1.82, 2.24) is 10.3 Å². The lowest BCUT2D eigenvalue weighted by Crippen LogP contribution is -2.32. The van der Waals surface area contributed by atoms with E-state index < -0.39 is 17.9 Å². The van der Waals surface area contributed by atoms with Crippen molar-refractivity contribution >= 4 is 39.5 Å². The fraction of sp³-hybridized carbons (Fsp3) is 0.0556. The normalized spacial score (nSPS) is 12.3. The zero-order valence-electron chi connectivity index (χ0n) is 12.5. The number of benzene rings is 2. The number of hydrogen-bond acceptors (Lipinski definition) is 4. The van der Waals surface area contributed by atoms with Crippen LogP contribution in [0.5, 0.6) is 0 Å². The average Bonchev–Trinajstić information content (AvgIpc) is 3.01. The van der Waals surface area contributed by atoms with Crippen LogP contribution in [0.2, 0.25) is 0 Å². The minimum atomic E-state index is -1.11. The quantitative estimate of drug-likeness (QED) is 0.700. The molecule has 120 valence electrons. The summed E-state index contributed by atoms with van der Waals surface area (Å²) in [6, 6.07) is 15.2. The Balaban J connectivity index is 1.72. The number of thiazole rings is 1. The Hall–Kier alpha value is -2.99. The molecule has 1 unspecified atom stereocenters. The van der Waals surface area contributed by atoms with Gasteiger partial charge in [0, 0.05) is 6.08 Å². The molecule has 0 saturated heterocycles. The predicted molar refractivity (Wildman–Crippen MR) is 93.6 cm³/mol. The Morgan fingerprint density at radius 2 is 1.79 bits per heavy atom. The molecule has 0 bridgehead atoms. The van der Waals surface area contributed by atoms with Gasteiger partial charge in [-0.25, -0.2) is 9.78 Å². The van der Waals surface area contributed by atoms with Crippen molar-refractivity contribution in [3.05, 3.63) is 71.2 Å². The Labute approximate surface area is 142 Å². The van der Waals surface area contributed by atoms with E-state index in [2.05, 4.69) is 10.3 Å². The molecule has 0 aliphatic heterocycles. The summed E-state index contributed by atoms with van der Waals surface area (Å²) in [7, 11) is 0. The average molecular weight is 338 g/mol. The number of nitrogens with one attached hydrogen (secondary N) is 1. The molecule has 3 rings (SSSR count). The minimum Gasteiger partial charge on any atom is -0.479 e. The van der Waals surface area contributed by atoms with Gasteiger partial charge in [-0.2, -0.15) is 0 Å². The van der Waals surface area contributed by atoms with Gasteiger partial charge in [0.1, 0.15) is 5.01 Å². The summed E-state index contributed by atoms with van der Waals surface area (Å²) in [5.74, 6) is -1.59. The first-order valence-corrected chi connectivity index (χ1v) is 8.07. The highest BCUT2D eigenvalue weighted by molar-refractivity contribution is 7.19. The van der Waals surface area contributed by atoms with Crippen molar-refractivity contribution in [3.63, 3.8) is 0 Å². The maximum atomic E-state index is 12.0. The molecule has 1 heterocycles. The van der Waals surface area contributed by atoms with Crippen LogP contribution in [-0.2, 0) is 9.59 Å². The van der Waals surface area contributed by atoms with E-state index in [0.717, 1.165) is 10.2 Å². The SMILES string of the molecule is O=C(/C=C/c1nc2ccccc2s1)NC(C(=O)O)c1ccccc1. The van der Waals surface area contributed by atoms with Crippen LogP contribution in [0.4, 0.5) is 0 Å². The topological polar surface area (TPSA) is 79.3 Å². The molecule has 5 nitrogen and oxygen atoms in total. The molecule has 0 radical (unpaired) electrons. The van der Waals surface area contributed by atoms with E-state index in [1.165, 1.54) is 17.4 Å². The molecule has 0 spiro atoms. The van der Waals surface area contributed by atoms with Crippen LogP contribution in [0, 0.1) is 0 Å². The highest BCUT2D eigenvalue weighted by Crippen LogP contribution is 2.22. The van der Waals surface area contributed by atoms with Gasteiger partial charge in [-0.3, -0.25) is 4.79 Å². The monoisotopic (exact) mass is 338 g/mol. The molecule has 0 aliphatic rings. The van der Waals surface area contributed by atoms with E-state index in [1.807, 2.05) is 24.3 Å². The van der Waals surface area contributed by atoms with Crippen molar-refractivity contribution in [3.8, 4) is 0 Å². The fourth-order valence-corrected chi connectivity index (χ4v) is 3.10. The summed E-state index contributed by atoms with van der Waals surface area (Å²) in [4.78, 5) is 27.8. The summed E-state index contributed by atoms with van der Waals surface area (Å²) < 4.78 is 1.03. The molecule has 0 fully saturated rings. The molecule has 0 aliphatic carbocycles. The van der Waals surface area contributed by atoms with Gasteiger partial charge in [-0.1, -0.05) is 42.5 Å². The number of aromatic nitrogens is 1. The molecule has 1 atom stereocenters. The largest absolute Gasteiger partial charge is 0.479 e. The Kier molecular flexibility index (Phi) is 4.67. The number of aliphatic carboxylic acids is 1. The predicted octanol–water partition coefficient (Wildman–Crippen LogP) is 3.25. The van der Waals surface area contributed by atoms with Crippen LogP contribution in [0.1, 0.15) is 16.6 Å². The molecule has 1 amide bonds. The van der Waals surface area contributed by atoms with Crippen LogP contribution in [-0.4, -0.2) is 22.0 Å². The first-order chi connectivity index (χ1) is 11.6. The van der Waals surface area contributed by atoms with E-state index in [1.54, 1.807) is 36.4 Å². The van der Waals surface area contributed by atoms with E-state index in [0.29, 0.717) is 10.6 Å². The molecule has 24 heavy (non-hydrogen) atoms. The third kappa shape index (κ3) is 3.67. The zero-order valence-corrected chi connectivity index (χ0v) is 13.4. The number of nitrogens with zero attached hydrogens (tertiary/aromatic N) is 1. The third-order valence-corrected chi connectivity index (χ3v) is 4.36. The van der Waals surface area contributed by atoms with Crippen LogP contribution in [0.3, 0.4) is 0 Å². The number of hydrogen-bond donors (Lipinski definition) is 2. The van der Waals surface area contributed by atoms with Crippen molar-refractivity contribution in [2.24, 2.45) is 0 Å². The number of rotatable bonds is 5.